The fourth-order valence-electron chi connectivity index (χ4n) is 4.18. The Bertz CT molecular complexity index is 1410. The summed E-state index contributed by atoms with van der Waals surface area (Å²) in [6.07, 6.45) is 0. The van der Waals surface area contributed by atoms with Crippen LogP contribution in [-0.4, -0.2) is 21.2 Å². The Labute approximate surface area is 218 Å². The number of fused-ring (bicyclic) bond motifs is 1. The molecule has 3 aromatic carbocycles. The largest absolute Gasteiger partial charge is 0.278 e. The van der Waals surface area contributed by atoms with Crippen molar-refractivity contribution < 1.29 is 0 Å². The molecule has 0 bridgehead atoms. The van der Waals surface area contributed by atoms with Crippen molar-refractivity contribution >= 4 is 72.5 Å². The maximum Gasteiger partial charge on any atom is 0.197 e. The van der Waals surface area contributed by atoms with Gasteiger partial charge in [0, 0.05) is 20.4 Å². The van der Waals surface area contributed by atoms with Gasteiger partial charge in [-0.05, 0) is 35.9 Å². The number of rotatable bonds is 4. The number of benzene rings is 3. The molecule has 0 aliphatic carbocycles. The van der Waals surface area contributed by atoms with Gasteiger partial charge in [0.25, 0.3) is 0 Å². The normalized spacial score (nSPS) is 19.5. The molecule has 6 rings (SSSR count). The molecule has 0 spiro atoms. The second-order valence-corrected chi connectivity index (χ2v) is 11.1. The number of aromatic nitrogens is 1. The van der Waals surface area contributed by atoms with Crippen LogP contribution in [0.5, 0.6) is 0 Å². The van der Waals surface area contributed by atoms with Crippen molar-refractivity contribution in [3.05, 3.63) is 99.3 Å². The molecule has 2 aliphatic heterocycles. The molecule has 1 aromatic heterocycles. The van der Waals surface area contributed by atoms with Crippen molar-refractivity contribution in [2.45, 2.75) is 11.3 Å². The van der Waals surface area contributed by atoms with E-state index in [0.29, 0.717) is 10.2 Å². The summed E-state index contributed by atoms with van der Waals surface area (Å²) in [7, 11) is 0. The lowest BCUT2D eigenvalue weighted by atomic mass is 10.0. The van der Waals surface area contributed by atoms with Gasteiger partial charge in [-0.25, -0.2) is 9.88 Å². The smallest absolute Gasteiger partial charge is 0.197 e. The van der Waals surface area contributed by atoms with E-state index >= 15 is 0 Å². The lowest BCUT2D eigenvalue weighted by Gasteiger charge is -2.27. The van der Waals surface area contributed by atoms with Gasteiger partial charge >= 0.3 is 0 Å². The first-order valence-electron chi connectivity index (χ1n) is 10.5. The van der Waals surface area contributed by atoms with Crippen LogP contribution >= 0.6 is 50.6 Å². The topological polar surface area (TPSA) is 55.6 Å². The van der Waals surface area contributed by atoms with E-state index in [4.69, 9.17) is 27.1 Å². The molecule has 3 heterocycles. The summed E-state index contributed by atoms with van der Waals surface area (Å²) in [4.78, 5) is 6.74. The van der Waals surface area contributed by atoms with Crippen LogP contribution in [0.15, 0.2) is 93.8 Å². The van der Waals surface area contributed by atoms with Crippen LogP contribution in [0.2, 0.25) is 5.02 Å². The van der Waals surface area contributed by atoms with E-state index in [2.05, 4.69) is 45.2 Å². The van der Waals surface area contributed by atoms with E-state index in [1.165, 1.54) is 23.1 Å². The summed E-state index contributed by atoms with van der Waals surface area (Å²) >= 11 is 12.8. The van der Waals surface area contributed by atoms with E-state index in [0.717, 1.165) is 37.9 Å². The Morgan fingerprint density at radius 3 is 2.44 bits per heavy atom. The maximum atomic E-state index is 8.79. The van der Waals surface area contributed by atoms with E-state index in [1.807, 2.05) is 64.9 Å². The third kappa shape index (κ3) is 3.75. The van der Waals surface area contributed by atoms with Gasteiger partial charge in [0.15, 0.2) is 16.1 Å². The first-order chi connectivity index (χ1) is 16.6. The summed E-state index contributed by atoms with van der Waals surface area (Å²) in [5.74, 6) is 0.830. The maximum absolute atomic E-state index is 8.79. The van der Waals surface area contributed by atoms with Gasteiger partial charge < -0.3 is 0 Å². The minimum absolute atomic E-state index is 0.0331. The number of halogens is 2. The van der Waals surface area contributed by atoms with Gasteiger partial charge in [0.2, 0.25) is 0 Å². The molecule has 1 N–H and O–H groups in total. The number of thioether (sulfide) groups is 1. The fraction of sp³-hybridized carbons (Fsp3) is 0.0800. The molecule has 5 nitrogen and oxygen atoms in total. The highest BCUT2D eigenvalue weighted by atomic mass is 79.9. The first-order valence-corrected chi connectivity index (χ1v) is 13.5. The highest BCUT2D eigenvalue weighted by Crippen LogP contribution is 2.49. The Balaban J connectivity index is 1.41. The third-order valence-electron chi connectivity index (χ3n) is 5.75. The van der Waals surface area contributed by atoms with Crippen molar-refractivity contribution in [3.63, 3.8) is 0 Å². The first kappa shape index (κ1) is 21.9. The Morgan fingerprint density at radius 1 is 0.941 bits per heavy atom. The van der Waals surface area contributed by atoms with Crippen molar-refractivity contribution in [3.8, 4) is 11.3 Å². The van der Waals surface area contributed by atoms with Crippen LogP contribution < -0.4 is 9.91 Å². The quantitative estimate of drug-likeness (QED) is 0.276. The number of anilines is 2. The summed E-state index contributed by atoms with van der Waals surface area (Å²) in [6, 6.07) is 26.0. The predicted octanol–water partition coefficient (Wildman–Crippen LogP) is 7.66. The molecular weight excluding hydrogens is 550 g/mol. The van der Waals surface area contributed by atoms with Crippen LogP contribution in [0.25, 0.3) is 11.3 Å². The summed E-state index contributed by atoms with van der Waals surface area (Å²) in [6.45, 7) is 0. The number of nitrogens with zero attached hydrogens (tertiary/aromatic N) is 4. The number of thiazole rings is 1. The lowest BCUT2D eigenvalue weighted by molar-refractivity contribution is 0.716. The van der Waals surface area contributed by atoms with Crippen LogP contribution in [0.4, 0.5) is 10.8 Å². The van der Waals surface area contributed by atoms with Gasteiger partial charge in [0.05, 0.1) is 22.7 Å². The van der Waals surface area contributed by atoms with E-state index in [-0.39, 0.29) is 11.3 Å². The molecule has 9 heteroatoms. The highest BCUT2D eigenvalue weighted by molar-refractivity contribution is 9.10. The van der Waals surface area contributed by atoms with Crippen molar-refractivity contribution in [1.82, 2.24) is 4.98 Å². The zero-order chi connectivity index (χ0) is 23.2. The molecule has 2 aliphatic rings. The van der Waals surface area contributed by atoms with Gasteiger partial charge in [0.1, 0.15) is 0 Å². The minimum atomic E-state index is -0.0565. The zero-order valence-corrected chi connectivity index (χ0v) is 21.6. The number of hydrogen-bond donors (Lipinski definition) is 1. The number of hydrogen-bond acceptors (Lipinski definition) is 6. The summed E-state index contributed by atoms with van der Waals surface area (Å²) in [5.41, 5.74) is 4.00. The van der Waals surface area contributed by atoms with Gasteiger partial charge in [-0.3, -0.25) is 10.4 Å². The fourth-order valence-corrected chi connectivity index (χ4v) is 6.90. The minimum Gasteiger partial charge on any atom is -0.278 e. The number of hydrazone groups is 1. The summed E-state index contributed by atoms with van der Waals surface area (Å²) in [5, 5.41) is 19.8. The predicted molar refractivity (Wildman–Crippen MR) is 147 cm³/mol. The molecular formula is C25H17BrClN5S2. The number of amidine groups is 2. The van der Waals surface area contributed by atoms with Crippen molar-refractivity contribution in [2.24, 2.45) is 5.10 Å². The molecule has 0 radical (unpaired) electrons. The molecule has 4 aromatic rings. The lowest BCUT2D eigenvalue weighted by Crippen LogP contribution is -2.31. The van der Waals surface area contributed by atoms with Crippen LogP contribution in [-0.2, 0) is 0 Å². The van der Waals surface area contributed by atoms with E-state index in [9.17, 15) is 0 Å². The SMILES string of the molecule is N=C1SC2C(=NN(c3ccccc3)C2c2ccccc2Br)N1c1nc(-c2ccc(Cl)cc2)cs1. The molecule has 168 valence electrons. The van der Waals surface area contributed by atoms with Gasteiger partial charge in [-0.2, -0.15) is 5.10 Å². The highest BCUT2D eigenvalue weighted by Gasteiger charge is 2.50. The number of para-hydroxylation sites is 1. The Kier molecular flexibility index (Phi) is 5.69. The summed E-state index contributed by atoms with van der Waals surface area (Å²) < 4.78 is 1.03. The van der Waals surface area contributed by atoms with Crippen LogP contribution in [0.3, 0.4) is 0 Å². The van der Waals surface area contributed by atoms with Gasteiger partial charge in [-0.1, -0.05) is 87.8 Å². The van der Waals surface area contributed by atoms with Crippen molar-refractivity contribution in [2.75, 3.05) is 9.91 Å². The van der Waals surface area contributed by atoms with Crippen LogP contribution in [0.1, 0.15) is 11.6 Å². The van der Waals surface area contributed by atoms with E-state index in [1.54, 1.807) is 0 Å². The average Bonchev–Trinajstić information content (AvgIpc) is 3.54. The molecule has 1 fully saturated rings. The van der Waals surface area contributed by atoms with E-state index < -0.39 is 0 Å². The second-order valence-electron chi connectivity index (χ2n) is 7.81. The molecule has 2 unspecified atom stereocenters. The monoisotopic (exact) mass is 565 g/mol. The Hall–Kier alpha value is -2.65. The third-order valence-corrected chi connectivity index (χ3v) is 8.68. The van der Waals surface area contributed by atoms with Gasteiger partial charge in [-0.15, -0.1) is 11.3 Å². The molecule has 2 atom stereocenters. The average molecular weight is 567 g/mol. The van der Waals surface area contributed by atoms with Crippen LogP contribution in [0, 0.1) is 5.41 Å². The molecule has 0 amide bonds. The van der Waals surface area contributed by atoms with Crippen molar-refractivity contribution in [1.29, 1.82) is 5.41 Å². The standard InChI is InChI=1S/C25H17BrClN5S2/c26-19-9-5-4-8-18(19)21-22-23(30-32(21)17-6-2-1-3-7-17)31(24(28)34-22)25-29-20(14-33-25)15-10-12-16(27)13-11-15/h1-14,21-22,28H. The Morgan fingerprint density at radius 2 is 1.68 bits per heavy atom. The molecule has 0 saturated carbocycles. The zero-order valence-electron chi connectivity index (χ0n) is 17.6. The molecule has 1 saturated heterocycles. The second kappa shape index (κ2) is 8.85. The molecule has 34 heavy (non-hydrogen) atoms. The number of nitrogens with one attached hydrogen (secondary N) is 1.